The van der Waals surface area contributed by atoms with Gasteiger partial charge in [0.05, 0.1) is 6.04 Å². The molecule has 0 bridgehead atoms. The van der Waals surface area contributed by atoms with Crippen LogP contribution in [0.4, 0.5) is 0 Å². The molecule has 16 heavy (non-hydrogen) atoms. The number of carbonyl (C=O) groups excluding carboxylic acids is 1. The summed E-state index contributed by atoms with van der Waals surface area (Å²) in [5, 5.41) is 10.9. The smallest absolute Gasteiger partial charge is 0.234 e. The first-order chi connectivity index (χ1) is 7.67. The molecule has 0 aliphatic rings. The molecule has 0 aliphatic carbocycles. The Morgan fingerprint density at radius 3 is 2.75 bits per heavy atom. The molecule has 1 atom stereocenters. The minimum absolute atomic E-state index is 0.263. The number of carbonyl (C=O) groups is 1. The molecule has 0 aromatic carbocycles. The number of rotatable bonds is 7. The van der Waals surface area contributed by atoms with Crippen LogP contribution in [0.2, 0.25) is 0 Å². The highest BCUT2D eigenvalue weighted by molar-refractivity contribution is 8.02. The summed E-state index contributed by atoms with van der Waals surface area (Å²) in [5.74, 6) is 0.488. The molecule has 8 heteroatoms. The van der Waals surface area contributed by atoms with E-state index < -0.39 is 0 Å². The molecule has 1 amide bonds. The van der Waals surface area contributed by atoms with Gasteiger partial charge in [-0.3, -0.25) is 4.79 Å². The fourth-order valence-corrected chi connectivity index (χ4v) is 3.54. The lowest BCUT2D eigenvalue weighted by Gasteiger charge is -2.10. The standard InChI is InChI=1S/C8H14N4OS3/c1-10-5(6(9)13)3-4-15-8-12-11-7(14-2)16-8/h5,10H,3-4H2,1-2H3,(H2,9,13). The van der Waals surface area contributed by atoms with Gasteiger partial charge in [0.15, 0.2) is 8.68 Å². The molecule has 5 nitrogen and oxygen atoms in total. The van der Waals surface area contributed by atoms with Crippen LogP contribution in [-0.4, -0.2) is 41.2 Å². The van der Waals surface area contributed by atoms with Gasteiger partial charge in [0.25, 0.3) is 0 Å². The summed E-state index contributed by atoms with van der Waals surface area (Å²) in [6, 6.07) is -0.263. The van der Waals surface area contributed by atoms with Crippen molar-refractivity contribution < 1.29 is 4.79 Å². The average Bonchev–Trinajstić information content (AvgIpc) is 2.71. The first kappa shape index (κ1) is 13.8. The Morgan fingerprint density at radius 1 is 1.56 bits per heavy atom. The van der Waals surface area contributed by atoms with Gasteiger partial charge >= 0.3 is 0 Å². The topological polar surface area (TPSA) is 80.9 Å². The zero-order valence-electron chi connectivity index (χ0n) is 9.10. The van der Waals surface area contributed by atoms with Crippen molar-refractivity contribution in [3.05, 3.63) is 0 Å². The minimum Gasteiger partial charge on any atom is -0.368 e. The van der Waals surface area contributed by atoms with Gasteiger partial charge in [0, 0.05) is 5.75 Å². The number of aromatic nitrogens is 2. The van der Waals surface area contributed by atoms with Gasteiger partial charge in [-0.25, -0.2) is 0 Å². The lowest BCUT2D eigenvalue weighted by atomic mass is 10.2. The molecule has 1 aromatic heterocycles. The summed E-state index contributed by atoms with van der Waals surface area (Å²) in [6.07, 6.45) is 2.67. The number of hydrogen-bond acceptors (Lipinski definition) is 7. The van der Waals surface area contributed by atoms with Crippen molar-refractivity contribution in [2.45, 2.75) is 21.1 Å². The number of hydrogen-bond donors (Lipinski definition) is 2. The molecule has 1 heterocycles. The maximum Gasteiger partial charge on any atom is 0.234 e. The van der Waals surface area contributed by atoms with Crippen LogP contribution in [0.3, 0.4) is 0 Å². The molecule has 1 aromatic rings. The lowest BCUT2D eigenvalue weighted by Crippen LogP contribution is -2.39. The monoisotopic (exact) mass is 278 g/mol. The largest absolute Gasteiger partial charge is 0.368 e. The van der Waals surface area contributed by atoms with Gasteiger partial charge < -0.3 is 11.1 Å². The number of amides is 1. The van der Waals surface area contributed by atoms with Crippen LogP contribution in [-0.2, 0) is 4.79 Å². The molecule has 90 valence electrons. The number of thioether (sulfide) groups is 2. The van der Waals surface area contributed by atoms with Crippen molar-refractivity contribution in [1.29, 1.82) is 0 Å². The third-order valence-electron chi connectivity index (χ3n) is 1.89. The molecule has 3 N–H and O–H groups in total. The maximum atomic E-state index is 10.9. The summed E-state index contributed by atoms with van der Waals surface area (Å²) in [4.78, 5) is 10.9. The molecule has 0 spiro atoms. The molecular formula is C8H14N4OS3. The van der Waals surface area contributed by atoms with Crippen LogP contribution < -0.4 is 11.1 Å². The zero-order chi connectivity index (χ0) is 12.0. The second kappa shape index (κ2) is 7.10. The third kappa shape index (κ3) is 4.28. The van der Waals surface area contributed by atoms with Crippen LogP contribution in [0, 0.1) is 0 Å². The van der Waals surface area contributed by atoms with Crippen molar-refractivity contribution in [2.75, 3.05) is 19.1 Å². The summed E-state index contributed by atoms with van der Waals surface area (Å²) in [6.45, 7) is 0. The van der Waals surface area contributed by atoms with Crippen LogP contribution >= 0.6 is 34.9 Å². The van der Waals surface area contributed by atoms with E-state index in [-0.39, 0.29) is 11.9 Å². The summed E-state index contributed by atoms with van der Waals surface area (Å²) in [7, 11) is 1.73. The SMILES string of the molecule is CNC(CCSc1nnc(SC)s1)C(N)=O. The van der Waals surface area contributed by atoms with E-state index in [0.29, 0.717) is 6.42 Å². The van der Waals surface area contributed by atoms with E-state index in [0.717, 1.165) is 14.4 Å². The normalized spacial score (nSPS) is 12.6. The van der Waals surface area contributed by atoms with E-state index in [1.807, 2.05) is 6.26 Å². The van der Waals surface area contributed by atoms with Crippen LogP contribution in [0.5, 0.6) is 0 Å². The molecule has 0 fully saturated rings. The Bertz CT molecular complexity index is 344. The third-order valence-corrected chi connectivity index (χ3v) is 4.95. The van der Waals surface area contributed by atoms with Gasteiger partial charge in [0.2, 0.25) is 5.91 Å². The molecule has 0 aliphatic heterocycles. The average molecular weight is 278 g/mol. The van der Waals surface area contributed by atoms with Crippen molar-refractivity contribution >= 4 is 40.8 Å². The van der Waals surface area contributed by atoms with Crippen LogP contribution in [0.15, 0.2) is 8.68 Å². The van der Waals surface area contributed by atoms with Crippen LogP contribution in [0.1, 0.15) is 6.42 Å². The second-order valence-corrected chi connectivity index (χ2v) is 6.29. The lowest BCUT2D eigenvalue weighted by molar-refractivity contribution is -0.119. The van der Waals surface area contributed by atoms with Crippen molar-refractivity contribution in [1.82, 2.24) is 15.5 Å². The van der Waals surface area contributed by atoms with E-state index >= 15 is 0 Å². The molecule has 0 radical (unpaired) electrons. The van der Waals surface area contributed by atoms with Gasteiger partial charge in [-0.05, 0) is 19.7 Å². The number of nitrogens with two attached hydrogens (primary N) is 1. The number of nitrogens with one attached hydrogen (secondary N) is 1. The highest BCUT2D eigenvalue weighted by Gasteiger charge is 2.12. The predicted molar refractivity (Wildman–Crippen MR) is 69.1 cm³/mol. The van der Waals surface area contributed by atoms with E-state index in [4.69, 9.17) is 5.73 Å². The maximum absolute atomic E-state index is 10.9. The van der Waals surface area contributed by atoms with Gasteiger partial charge in [-0.1, -0.05) is 34.9 Å². The zero-order valence-corrected chi connectivity index (χ0v) is 11.5. The van der Waals surface area contributed by atoms with Gasteiger partial charge in [-0.15, -0.1) is 10.2 Å². The Balaban J connectivity index is 2.32. The highest BCUT2D eigenvalue weighted by Crippen LogP contribution is 2.27. The second-order valence-electron chi connectivity index (χ2n) is 2.92. The Labute approximate surface area is 107 Å². The Hall–Kier alpha value is -0.310. The fraction of sp³-hybridized carbons (Fsp3) is 0.625. The molecule has 0 saturated heterocycles. The number of nitrogens with zero attached hydrogens (tertiary/aromatic N) is 2. The molecule has 1 rings (SSSR count). The summed E-state index contributed by atoms with van der Waals surface area (Å²) < 4.78 is 1.89. The minimum atomic E-state index is -0.315. The fourth-order valence-electron chi connectivity index (χ4n) is 1.03. The van der Waals surface area contributed by atoms with Crippen molar-refractivity contribution in [3.8, 4) is 0 Å². The first-order valence-corrected chi connectivity index (χ1v) is 7.67. The van der Waals surface area contributed by atoms with Crippen LogP contribution in [0.25, 0.3) is 0 Å². The Morgan fingerprint density at radius 2 is 2.25 bits per heavy atom. The first-order valence-electron chi connectivity index (χ1n) is 4.64. The molecular weight excluding hydrogens is 264 g/mol. The Kier molecular flexibility index (Phi) is 6.10. The van der Waals surface area contributed by atoms with E-state index in [1.54, 1.807) is 41.9 Å². The van der Waals surface area contributed by atoms with E-state index in [9.17, 15) is 4.79 Å². The van der Waals surface area contributed by atoms with Gasteiger partial charge in [-0.2, -0.15) is 0 Å². The van der Waals surface area contributed by atoms with Crippen molar-refractivity contribution in [3.63, 3.8) is 0 Å². The number of likely N-dealkylation sites (N-methyl/N-ethyl adjacent to an activating group) is 1. The predicted octanol–water partition coefficient (Wildman–Crippen LogP) is 0.815. The highest BCUT2D eigenvalue weighted by atomic mass is 32.2. The number of primary amides is 1. The van der Waals surface area contributed by atoms with Gasteiger partial charge in [0.1, 0.15) is 0 Å². The molecule has 0 saturated carbocycles. The van der Waals surface area contributed by atoms with E-state index in [2.05, 4.69) is 15.5 Å². The molecule has 1 unspecified atom stereocenters. The van der Waals surface area contributed by atoms with E-state index in [1.165, 1.54) is 0 Å². The van der Waals surface area contributed by atoms with Crippen molar-refractivity contribution in [2.24, 2.45) is 5.73 Å². The quantitative estimate of drug-likeness (QED) is 0.719. The summed E-state index contributed by atoms with van der Waals surface area (Å²) in [5.41, 5.74) is 5.21. The summed E-state index contributed by atoms with van der Waals surface area (Å²) >= 11 is 4.75.